The highest BCUT2D eigenvalue weighted by molar-refractivity contribution is 5.90. The van der Waals surface area contributed by atoms with Crippen LogP contribution in [0.15, 0.2) is 24.3 Å². The second kappa shape index (κ2) is 8.84. The number of hydrogen-bond donors (Lipinski definition) is 2. The van der Waals surface area contributed by atoms with E-state index in [1.807, 2.05) is 52.0 Å². The quantitative estimate of drug-likeness (QED) is 0.637. The van der Waals surface area contributed by atoms with Crippen LogP contribution < -0.4 is 15.4 Å². The molecule has 1 aromatic rings. The van der Waals surface area contributed by atoms with Crippen LogP contribution in [0.3, 0.4) is 0 Å². The molecule has 4 aliphatic carbocycles. The predicted octanol–water partition coefficient (Wildman–Crippen LogP) is 4.62. The number of benzene rings is 1. The predicted molar refractivity (Wildman–Crippen MR) is 122 cm³/mol. The van der Waals surface area contributed by atoms with Gasteiger partial charge in [-0.25, -0.2) is 0 Å². The topological polar surface area (TPSA) is 67.4 Å². The minimum absolute atomic E-state index is 0.0328. The number of hydrogen-bond acceptors (Lipinski definition) is 3. The molecular formula is C26H38N2O3. The lowest BCUT2D eigenvalue weighted by atomic mass is 9.49. The first-order valence-electron chi connectivity index (χ1n) is 12.1. The number of carbonyl (C=O) groups is 2. The van der Waals surface area contributed by atoms with E-state index in [0.717, 1.165) is 30.6 Å². The SMILES string of the molecule is CCOc1ccc(C(C)NC(=O)C(NC(=O)C23CC4CC(CC(C4)C2)C3)C(C)C)cc1. The van der Waals surface area contributed by atoms with E-state index in [2.05, 4.69) is 10.6 Å². The van der Waals surface area contributed by atoms with Gasteiger partial charge in [0.1, 0.15) is 11.8 Å². The Balaban J connectivity index is 1.40. The van der Waals surface area contributed by atoms with Gasteiger partial charge < -0.3 is 15.4 Å². The average molecular weight is 427 g/mol. The third-order valence-electron chi connectivity index (χ3n) is 7.81. The van der Waals surface area contributed by atoms with E-state index in [1.54, 1.807) is 0 Å². The Labute approximate surface area is 186 Å². The van der Waals surface area contributed by atoms with Gasteiger partial charge in [-0.15, -0.1) is 0 Å². The summed E-state index contributed by atoms with van der Waals surface area (Å²) in [6, 6.07) is 7.17. The van der Waals surface area contributed by atoms with E-state index >= 15 is 0 Å². The molecule has 0 heterocycles. The molecule has 0 spiro atoms. The van der Waals surface area contributed by atoms with Gasteiger partial charge in [-0.05, 0) is 93.7 Å². The van der Waals surface area contributed by atoms with Gasteiger partial charge in [-0.3, -0.25) is 9.59 Å². The van der Waals surface area contributed by atoms with Crippen molar-refractivity contribution in [1.29, 1.82) is 0 Å². The van der Waals surface area contributed by atoms with Crippen LogP contribution in [0.4, 0.5) is 0 Å². The van der Waals surface area contributed by atoms with Crippen molar-refractivity contribution < 1.29 is 14.3 Å². The number of rotatable bonds is 8. The molecule has 170 valence electrons. The van der Waals surface area contributed by atoms with E-state index in [1.165, 1.54) is 19.3 Å². The van der Waals surface area contributed by atoms with E-state index < -0.39 is 6.04 Å². The van der Waals surface area contributed by atoms with Crippen LogP contribution in [0.2, 0.25) is 0 Å². The van der Waals surface area contributed by atoms with Gasteiger partial charge in [0.05, 0.1) is 12.6 Å². The highest BCUT2D eigenvalue weighted by Crippen LogP contribution is 2.60. The highest BCUT2D eigenvalue weighted by atomic mass is 16.5. The summed E-state index contributed by atoms with van der Waals surface area (Å²) in [4.78, 5) is 26.6. The van der Waals surface area contributed by atoms with Crippen molar-refractivity contribution >= 4 is 11.8 Å². The lowest BCUT2D eigenvalue weighted by Gasteiger charge is -2.55. The Bertz CT molecular complexity index is 766. The van der Waals surface area contributed by atoms with Crippen molar-refractivity contribution in [2.75, 3.05) is 6.61 Å². The molecule has 0 aliphatic heterocycles. The van der Waals surface area contributed by atoms with E-state index in [4.69, 9.17) is 4.74 Å². The summed E-state index contributed by atoms with van der Waals surface area (Å²) in [6.45, 7) is 8.58. The fourth-order valence-corrected chi connectivity index (χ4v) is 6.62. The summed E-state index contributed by atoms with van der Waals surface area (Å²) in [7, 11) is 0. The fourth-order valence-electron chi connectivity index (χ4n) is 6.62. The Morgan fingerprint density at radius 3 is 2.00 bits per heavy atom. The van der Waals surface area contributed by atoms with Crippen LogP contribution in [-0.4, -0.2) is 24.5 Å². The summed E-state index contributed by atoms with van der Waals surface area (Å²) in [6.07, 6.45) is 6.96. The van der Waals surface area contributed by atoms with Gasteiger partial charge >= 0.3 is 0 Å². The summed E-state index contributed by atoms with van der Waals surface area (Å²) in [5.74, 6) is 3.01. The Hall–Kier alpha value is -2.04. The molecule has 2 unspecified atom stereocenters. The zero-order valence-corrected chi connectivity index (χ0v) is 19.4. The number of ether oxygens (including phenoxy) is 1. The first kappa shape index (κ1) is 22.2. The van der Waals surface area contributed by atoms with E-state index in [-0.39, 0.29) is 29.2 Å². The van der Waals surface area contributed by atoms with Gasteiger partial charge in [0, 0.05) is 5.41 Å². The van der Waals surface area contributed by atoms with Gasteiger partial charge in [0.2, 0.25) is 11.8 Å². The minimum Gasteiger partial charge on any atom is -0.494 e. The molecule has 4 bridgehead atoms. The molecule has 0 saturated heterocycles. The molecule has 2 atom stereocenters. The van der Waals surface area contributed by atoms with Crippen LogP contribution in [0, 0.1) is 29.1 Å². The molecule has 2 amide bonds. The van der Waals surface area contributed by atoms with Crippen LogP contribution in [0.25, 0.3) is 0 Å². The maximum absolute atomic E-state index is 13.5. The highest BCUT2D eigenvalue weighted by Gasteiger charge is 2.55. The molecule has 31 heavy (non-hydrogen) atoms. The van der Waals surface area contributed by atoms with E-state index in [0.29, 0.717) is 24.4 Å². The zero-order valence-electron chi connectivity index (χ0n) is 19.4. The Morgan fingerprint density at radius 2 is 1.52 bits per heavy atom. The van der Waals surface area contributed by atoms with Crippen molar-refractivity contribution in [3.8, 4) is 5.75 Å². The van der Waals surface area contributed by atoms with Crippen LogP contribution in [0.1, 0.15) is 77.8 Å². The molecule has 1 aromatic carbocycles. The molecule has 4 aliphatic rings. The Morgan fingerprint density at radius 1 is 0.968 bits per heavy atom. The molecule has 2 N–H and O–H groups in total. The van der Waals surface area contributed by atoms with Gasteiger partial charge in [-0.2, -0.15) is 0 Å². The molecule has 5 nitrogen and oxygen atoms in total. The standard InChI is InChI=1S/C26H38N2O3/c1-5-31-22-8-6-21(7-9-22)17(4)27-24(29)23(16(2)3)28-25(30)26-13-18-10-19(14-26)12-20(11-18)15-26/h6-9,16-20,23H,5,10-15H2,1-4H3,(H,27,29)(H,28,30). The van der Waals surface area contributed by atoms with Gasteiger partial charge in [0.25, 0.3) is 0 Å². The normalized spacial score (nSPS) is 30.7. The summed E-state index contributed by atoms with van der Waals surface area (Å²) < 4.78 is 5.50. The maximum Gasteiger partial charge on any atom is 0.243 e. The number of carbonyl (C=O) groups excluding carboxylic acids is 2. The lowest BCUT2D eigenvalue weighted by Crippen LogP contribution is -2.58. The molecule has 4 saturated carbocycles. The van der Waals surface area contributed by atoms with Crippen LogP contribution >= 0.6 is 0 Å². The summed E-state index contributed by atoms with van der Waals surface area (Å²) in [5, 5.41) is 6.30. The van der Waals surface area contributed by atoms with Crippen molar-refractivity contribution in [2.24, 2.45) is 29.1 Å². The number of amides is 2. The molecule has 0 aromatic heterocycles. The minimum atomic E-state index is -0.509. The smallest absolute Gasteiger partial charge is 0.243 e. The first-order chi connectivity index (χ1) is 14.8. The fraction of sp³-hybridized carbons (Fsp3) is 0.692. The summed E-state index contributed by atoms with van der Waals surface area (Å²) in [5.41, 5.74) is 0.787. The van der Waals surface area contributed by atoms with Crippen molar-refractivity contribution in [2.45, 2.75) is 78.3 Å². The monoisotopic (exact) mass is 426 g/mol. The van der Waals surface area contributed by atoms with Gasteiger partial charge in [-0.1, -0.05) is 26.0 Å². The largest absolute Gasteiger partial charge is 0.494 e. The first-order valence-corrected chi connectivity index (χ1v) is 12.1. The third kappa shape index (κ3) is 4.61. The van der Waals surface area contributed by atoms with Gasteiger partial charge in [0.15, 0.2) is 0 Å². The second-order valence-corrected chi connectivity index (χ2v) is 10.6. The summed E-state index contributed by atoms with van der Waals surface area (Å²) >= 11 is 0. The van der Waals surface area contributed by atoms with Crippen molar-refractivity contribution in [1.82, 2.24) is 10.6 Å². The maximum atomic E-state index is 13.5. The van der Waals surface area contributed by atoms with Crippen molar-refractivity contribution in [3.63, 3.8) is 0 Å². The molecule has 5 heteroatoms. The zero-order chi connectivity index (χ0) is 22.2. The third-order valence-corrected chi connectivity index (χ3v) is 7.81. The molecule has 0 radical (unpaired) electrons. The lowest BCUT2D eigenvalue weighted by molar-refractivity contribution is -0.149. The number of nitrogens with one attached hydrogen (secondary N) is 2. The van der Waals surface area contributed by atoms with Crippen LogP contribution in [-0.2, 0) is 9.59 Å². The second-order valence-electron chi connectivity index (χ2n) is 10.6. The Kier molecular flexibility index (Phi) is 6.32. The molecule has 4 fully saturated rings. The van der Waals surface area contributed by atoms with Crippen LogP contribution in [0.5, 0.6) is 5.75 Å². The molecular weight excluding hydrogens is 388 g/mol. The van der Waals surface area contributed by atoms with E-state index in [9.17, 15) is 9.59 Å². The average Bonchev–Trinajstić information content (AvgIpc) is 2.71. The molecule has 5 rings (SSSR count). The van der Waals surface area contributed by atoms with Crippen molar-refractivity contribution in [3.05, 3.63) is 29.8 Å².